The van der Waals surface area contributed by atoms with Crippen LogP contribution in [0.15, 0.2) is 6.07 Å². The molecule has 9 heteroatoms. The maximum Gasteiger partial charge on any atom is 0.574 e. The number of alkyl halides is 4. The van der Waals surface area contributed by atoms with E-state index in [4.69, 9.17) is 4.74 Å². The van der Waals surface area contributed by atoms with Gasteiger partial charge in [-0.1, -0.05) is 0 Å². The summed E-state index contributed by atoms with van der Waals surface area (Å²) in [6.45, 7) is -1.16. The van der Waals surface area contributed by atoms with Crippen molar-refractivity contribution in [3.63, 3.8) is 0 Å². The van der Waals surface area contributed by atoms with Crippen molar-refractivity contribution in [3.05, 3.63) is 17.3 Å². The molecule has 0 fully saturated rings. The summed E-state index contributed by atoms with van der Waals surface area (Å²) in [4.78, 5) is 14.7. The lowest BCUT2D eigenvalue weighted by molar-refractivity contribution is -0.276. The van der Waals surface area contributed by atoms with Crippen LogP contribution in [0.3, 0.4) is 0 Å². The zero-order chi connectivity index (χ0) is 14.6. The molecule has 1 heterocycles. The molecule has 0 atom stereocenters. The predicted molar refractivity (Wildman–Crippen MR) is 53.6 cm³/mol. The van der Waals surface area contributed by atoms with Gasteiger partial charge in [-0.15, -0.1) is 13.2 Å². The van der Waals surface area contributed by atoms with E-state index in [1.165, 1.54) is 0 Å². The van der Waals surface area contributed by atoms with E-state index >= 15 is 0 Å². The molecule has 1 aromatic heterocycles. The fraction of sp³-hybridized carbons (Fsp3) is 0.400. The van der Waals surface area contributed by atoms with Crippen molar-refractivity contribution in [3.8, 4) is 11.6 Å². The van der Waals surface area contributed by atoms with Crippen molar-refractivity contribution in [2.75, 3.05) is 14.2 Å². The van der Waals surface area contributed by atoms with Crippen LogP contribution in [0, 0.1) is 0 Å². The second kappa shape index (κ2) is 5.72. The molecule has 0 aliphatic rings. The summed E-state index contributed by atoms with van der Waals surface area (Å²) in [6.07, 6.45) is -5.01. The van der Waals surface area contributed by atoms with Gasteiger partial charge >= 0.3 is 12.3 Å². The van der Waals surface area contributed by atoms with E-state index in [1.807, 2.05) is 0 Å². The van der Waals surface area contributed by atoms with Crippen molar-refractivity contribution in [2.24, 2.45) is 0 Å². The lowest BCUT2D eigenvalue weighted by atomic mass is 10.2. The minimum absolute atomic E-state index is 0.302. The first-order valence-corrected chi connectivity index (χ1v) is 4.80. The molecule has 5 nitrogen and oxygen atoms in total. The largest absolute Gasteiger partial charge is 0.574 e. The van der Waals surface area contributed by atoms with Crippen LogP contribution in [0.25, 0.3) is 0 Å². The lowest BCUT2D eigenvalue weighted by Gasteiger charge is -2.13. The highest BCUT2D eigenvalue weighted by molar-refractivity contribution is 5.91. The van der Waals surface area contributed by atoms with Gasteiger partial charge in [0.15, 0.2) is 11.4 Å². The van der Waals surface area contributed by atoms with Gasteiger partial charge in [0.2, 0.25) is 5.88 Å². The number of carbonyl (C=O) groups excluding carboxylic acids is 1. The number of hydrogen-bond donors (Lipinski definition) is 0. The average Bonchev–Trinajstić information content (AvgIpc) is 2.34. The maximum atomic E-state index is 12.7. The number of esters is 1. The molecule has 0 unspecified atom stereocenters. The van der Waals surface area contributed by atoms with Crippen molar-refractivity contribution >= 4 is 5.97 Å². The lowest BCUT2D eigenvalue weighted by Crippen LogP contribution is -2.19. The fourth-order valence-corrected chi connectivity index (χ4v) is 1.29. The van der Waals surface area contributed by atoms with Crippen LogP contribution in [0.4, 0.5) is 17.6 Å². The highest BCUT2D eigenvalue weighted by atomic mass is 19.4. The Morgan fingerprint density at radius 1 is 1.37 bits per heavy atom. The number of carbonyl (C=O) groups is 1. The van der Waals surface area contributed by atoms with E-state index in [9.17, 15) is 22.4 Å². The van der Waals surface area contributed by atoms with Gasteiger partial charge in [-0.05, 0) is 0 Å². The van der Waals surface area contributed by atoms with Crippen LogP contribution in [0.5, 0.6) is 11.6 Å². The van der Waals surface area contributed by atoms with Gasteiger partial charge in [0.05, 0.1) is 14.2 Å². The van der Waals surface area contributed by atoms with Crippen LogP contribution in [0.2, 0.25) is 0 Å². The molecule has 19 heavy (non-hydrogen) atoms. The fourth-order valence-electron chi connectivity index (χ4n) is 1.29. The zero-order valence-corrected chi connectivity index (χ0v) is 9.88. The van der Waals surface area contributed by atoms with Crippen LogP contribution in [0.1, 0.15) is 16.1 Å². The minimum atomic E-state index is -5.01. The molecule has 0 amide bonds. The van der Waals surface area contributed by atoms with Gasteiger partial charge < -0.3 is 14.2 Å². The molecule has 0 saturated carbocycles. The minimum Gasteiger partial charge on any atom is -0.494 e. The molecule has 1 aromatic rings. The monoisotopic (exact) mass is 283 g/mol. The summed E-state index contributed by atoms with van der Waals surface area (Å²) < 4.78 is 61.5. The van der Waals surface area contributed by atoms with E-state index in [-0.39, 0.29) is 11.3 Å². The standard InChI is InChI=1S/C10H9F4NO4/c1-17-8-5(4-11)3-6(19-10(12,13)14)15-7(8)9(16)18-2/h3H,4H2,1-2H3. The molecular weight excluding hydrogens is 274 g/mol. The Kier molecular flexibility index (Phi) is 4.52. The third-order valence-electron chi connectivity index (χ3n) is 1.97. The molecule has 0 saturated heterocycles. The van der Waals surface area contributed by atoms with Gasteiger partial charge in [0.1, 0.15) is 6.67 Å². The zero-order valence-electron chi connectivity index (χ0n) is 9.88. The Morgan fingerprint density at radius 2 is 2.00 bits per heavy atom. The number of ether oxygens (including phenoxy) is 3. The molecule has 0 bridgehead atoms. The first-order chi connectivity index (χ1) is 8.82. The normalized spacial score (nSPS) is 11.1. The Hall–Kier alpha value is -2.06. The number of nitrogens with zero attached hydrogens (tertiary/aromatic N) is 1. The number of hydrogen-bond acceptors (Lipinski definition) is 5. The highest BCUT2D eigenvalue weighted by Crippen LogP contribution is 2.30. The topological polar surface area (TPSA) is 57.7 Å². The molecular formula is C10H9F4NO4. The second-order valence-corrected chi connectivity index (χ2v) is 3.17. The van der Waals surface area contributed by atoms with Gasteiger partial charge in [-0.3, -0.25) is 0 Å². The highest BCUT2D eigenvalue weighted by Gasteiger charge is 2.33. The average molecular weight is 283 g/mol. The summed E-state index contributed by atoms with van der Waals surface area (Å²) in [5, 5.41) is 0. The van der Waals surface area contributed by atoms with Crippen LogP contribution >= 0.6 is 0 Å². The van der Waals surface area contributed by atoms with Crippen LogP contribution in [-0.2, 0) is 11.4 Å². The number of aromatic nitrogens is 1. The van der Waals surface area contributed by atoms with Gasteiger partial charge in [-0.25, -0.2) is 14.2 Å². The molecule has 0 radical (unpaired) electrons. The molecule has 0 aromatic carbocycles. The van der Waals surface area contributed by atoms with Crippen LogP contribution < -0.4 is 9.47 Å². The summed E-state index contributed by atoms with van der Waals surface area (Å²) in [5.74, 6) is -2.34. The van der Waals surface area contributed by atoms with Crippen molar-refractivity contribution < 1.29 is 36.6 Å². The molecule has 1 rings (SSSR count). The number of halogens is 4. The predicted octanol–water partition coefficient (Wildman–Crippen LogP) is 2.24. The first-order valence-electron chi connectivity index (χ1n) is 4.80. The van der Waals surface area contributed by atoms with E-state index in [2.05, 4.69) is 14.5 Å². The summed E-state index contributed by atoms with van der Waals surface area (Å²) in [5.41, 5.74) is -0.906. The van der Waals surface area contributed by atoms with E-state index in [0.717, 1.165) is 14.2 Å². The van der Waals surface area contributed by atoms with Gasteiger partial charge in [0.25, 0.3) is 0 Å². The third-order valence-corrected chi connectivity index (χ3v) is 1.97. The van der Waals surface area contributed by atoms with Gasteiger partial charge in [-0.2, -0.15) is 0 Å². The van der Waals surface area contributed by atoms with E-state index in [1.54, 1.807) is 0 Å². The van der Waals surface area contributed by atoms with E-state index in [0.29, 0.717) is 6.07 Å². The maximum absolute atomic E-state index is 12.7. The summed E-state index contributed by atoms with van der Waals surface area (Å²) in [7, 11) is 2.11. The van der Waals surface area contributed by atoms with Crippen molar-refractivity contribution in [1.82, 2.24) is 4.98 Å². The number of pyridine rings is 1. The summed E-state index contributed by atoms with van der Waals surface area (Å²) in [6, 6.07) is 0.693. The molecule has 0 aliphatic carbocycles. The Balaban J connectivity index is 3.34. The second-order valence-electron chi connectivity index (χ2n) is 3.17. The molecule has 106 valence electrons. The third kappa shape index (κ3) is 3.70. The quantitative estimate of drug-likeness (QED) is 0.626. The number of rotatable bonds is 4. The Labute approximate surface area is 105 Å². The molecule has 0 N–H and O–H groups in total. The van der Waals surface area contributed by atoms with Gasteiger partial charge in [0, 0.05) is 11.6 Å². The smallest absolute Gasteiger partial charge is 0.494 e. The first kappa shape index (κ1) is 15.0. The Bertz CT molecular complexity index is 475. The van der Waals surface area contributed by atoms with Crippen LogP contribution in [-0.4, -0.2) is 31.5 Å². The van der Waals surface area contributed by atoms with E-state index < -0.39 is 30.6 Å². The van der Waals surface area contributed by atoms with Crippen molar-refractivity contribution in [1.29, 1.82) is 0 Å². The van der Waals surface area contributed by atoms with Crippen molar-refractivity contribution in [2.45, 2.75) is 13.0 Å². The SMILES string of the molecule is COC(=O)c1nc(OC(F)(F)F)cc(CF)c1OC. The molecule has 0 spiro atoms. The summed E-state index contributed by atoms with van der Waals surface area (Å²) >= 11 is 0. The number of methoxy groups -OCH3 is 2. The Morgan fingerprint density at radius 3 is 2.42 bits per heavy atom. The molecule has 0 aliphatic heterocycles.